The topological polar surface area (TPSA) is 52.4 Å². The number of benzene rings is 2. The van der Waals surface area contributed by atoms with Crippen LogP contribution in [-0.2, 0) is 0 Å². The van der Waals surface area contributed by atoms with Crippen molar-refractivity contribution >= 4 is 28.9 Å². The van der Waals surface area contributed by atoms with E-state index in [1.54, 1.807) is 18.2 Å². The van der Waals surface area contributed by atoms with E-state index in [1.165, 1.54) is 25.3 Å². The Morgan fingerprint density at radius 2 is 1.84 bits per heavy atom. The van der Waals surface area contributed by atoms with Gasteiger partial charge in [-0.15, -0.1) is 0 Å². The number of hydrogen-bond acceptors (Lipinski definition) is 3. The van der Waals surface area contributed by atoms with Gasteiger partial charge in [0.15, 0.2) is 0 Å². The van der Waals surface area contributed by atoms with Crippen LogP contribution in [0.2, 0.25) is 10.0 Å². The van der Waals surface area contributed by atoms with Crippen molar-refractivity contribution in [2.24, 2.45) is 0 Å². The zero-order valence-corrected chi connectivity index (χ0v) is 11.4. The third-order valence-electron chi connectivity index (χ3n) is 2.61. The summed E-state index contributed by atoms with van der Waals surface area (Å²) in [6.07, 6.45) is 0. The Hall–Kier alpha value is -1.78. The minimum atomic E-state index is -0.475. The normalized spacial score (nSPS) is 10.3. The summed E-state index contributed by atoms with van der Waals surface area (Å²) in [5.74, 6) is 0.548. The number of hydrogen-bond donors (Lipinski definition) is 0. The summed E-state index contributed by atoms with van der Waals surface area (Å²) in [6.45, 7) is 0. The number of non-ortho nitro benzene ring substituents is 1. The van der Waals surface area contributed by atoms with Crippen LogP contribution in [0.15, 0.2) is 36.4 Å². The Kier molecular flexibility index (Phi) is 3.93. The molecule has 0 radical (unpaired) electrons. The predicted octanol–water partition coefficient (Wildman–Crippen LogP) is 4.58. The van der Waals surface area contributed by atoms with Gasteiger partial charge in [0.25, 0.3) is 5.69 Å². The van der Waals surface area contributed by atoms with Crippen LogP contribution in [0.25, 0.3) is 11.1 Å². The molecule has 0 saturated carbocycles. The average molecular weight is 298 g/mol. The molecule has 0 aromatic heterocycles. The predicted molar refractivity (Wildman–Crippen MR) is 75.1 cm³/mol. The molecule has 6 heteroatoms. The second-order valence-corrected chi connectivity index (χ2v) is 4.61. The van der Waals surface area contributed by atoms with Crippen LogP contribution in [0.1, 0.15) is 0 Å². The molecule has 0 aliphatic rings. The molecule has 98 valence electrons. The lowest BCUT2D eigenvalue weighted by atomic mass is 10.0. The molecule has 2 aromatic carbocycles. The lowest BCUT2D eigenvalue weighted by molar-refractivity contribution is -0.384. The van der Waals surface area contributed by atoms with Gasteiger partial charge in [-0.3, -0.25) is 10.1 Å². The molecule has 0 heterocycles. The molecule has 0 N–H and O–H groups in total. The average Bonchev–Trinajstić information content (AvgIpc) is 2.39. The number of nitro benzene ring substituents is 1. The monoisotopic (exact) mass is 297 g/mol. The molecule has 19 heavy (non-hydrogen) atoms. The summed E-state index contributed by atoms with van der Waals surface area (Å²) in [4.78, 5) is 10.3. The quantitative estimate of drug-likeness (QED) is 0.615. The molecule has 2 rings (SSSR count). The molecule has 0 saturated heterocycles. The summed E-state index contributed by atoms with van der Waals surface area (Å²) in [5, 5.41) is 11.7. The van der Waals surface area contributed by atoms with Crippen LogP contribution in [-0.4, -0.2) is 12.0 Å². The Morgan fingerprint density at radius 3 is 2.47 bits per heavy atom. The van der Waals surface area contributed by atoms with Gasteiger partial charge in [0.1, 0.15) is 5.75 Å². The van der Waals surface area contributed by atoms with E-state index in [0.29, 0.717) is 26.9 Å². The summed E-state index contributed by atoms with van der Waals surface area (Å²) < 4.78 is 5.22. The van der Waals surface area contributed by atoms with Crippen molar-refractivity contribution in [3.63, 3.8) is 0 Å². The second-order valence-electron chi connectivity index (χ2n) is 3.77. The van der Waals surface area contributed by atoms with E-state index in [0.717, 1.165) is 0 Å². The van der Waals surface area contributed by atoms with Crippen molar-refractivity contribution in [2.45, 2.75) is 0 Å². The lowest BCUT2D eigenvalue weighted by Crippen LogP contribution is -1.92. The minimum absolute atomic E-state index is 0.0403. The van der Waals surface area contributed by atoms with E-state index in [9.17, 15) is 10.1 Å². The van der Waals surface area contributed by atoms with E-state index >= 15 is 0 Å². The Morgan fingerprint density at radius 1 is 1.11 bits per heavy atom. The van der Waals surface area contributed by atoms with Crippen LogP contribution in [0.4, 0.5) is 5.69 Å². The molecule has 0 spiro atoms. The molecule has 0 amide bonds. The molecule has 0 aliphatic heterocycles. The summed E-state index contributed by atoms with van der Waals surface area (Å²) in [7, 11) is 1.51. The molecule has 0 atom stereocenters. The summed E-state index contributed by atoms with van der Waals surface area (Å²) in [6, 6.07) is 9.25. The summed E-state index contributed by atoms with van der Waals surface area (Å²) in [5.41, 5.74) is 1.08. The van der Waals surface area contributed by atoms with Gasteiger partial charge in [0.2, 0.25) is 0 Å². The van der Waals surface area contributed by atoms with Crippen molar-refractivity contribution in [2.75, 3.05) is 7.11 Å². The SMILES string of the molecule is COc1ccc(Cl)cc1-c1cc([N+](=O)[O-])ccc1Cl. The number of rotatable bonds is 3. The highest BCUT2D eigenvalue weighted by Crippen LogP contribution is 2.38. The van der Waals surface area contributed by atoms with Crippen molar-refractivity contribution < 1.29 is 9.66 Å². The van der Waals surface area contributed by atoms with Gasteiger partial charge in [-0.2, -0.15) is 0 Å². The van der Waals surface area contributed by atoms with Crippen LogP contribution in [0, 0.1) is 10.1 Å². The largest absolute Gasteiger partial charge is 0.496 e. The van der Waals surface area contributed by atoms with Gasteiger partial charge >= 0.3 is 0 Å². The molecule has 4 nitrogen and oxygen atoms in total. The van der Waals surface area contributed by atoms with Crippen LogP contribution >= 0.6 is 23.2 Å². The standard InChI is InChI=1S/C13H9Cl2NO3/c1-19-13-5-2-8(14)6-11(13)10-7-9(16(17)18)3-4-12(10)15/h2-7H,1H3. The smallest absolute Gasteiger partial charge is 0.270 e. The Bertz CT molecular complexity index is 644. The first-order chi connectivity index (χ1) is 9.02. The number of methoxy groups -OCH3 is 1. The van der Waals surface area contributed by atoms with Crippen LogP contribution < -0.4 is 4.74 Å². The van der Waals surface area contributed by atoms with Crippen molar-refractivity contribution in [3.05, 3.63) is 56.6 Å². The number of halogens is 2. The first-order valence-corrected chi connectivity index (χ1v) is 6.06. The van der Waals surface area contributed by atoms with Gasteiger partial charge < -0.3 is 4.74 Å². The maximum Gasteiger partial charge on any atom is 0.270 e. The highest BCUT2D eigenvalue weighted by molar-refractivity contribution is 6.34. The van der Waals surface area contributed by atoms with E-state index in [4.69, 9.17) is 27.9 Å². The fraction of sp³-hybridized carbons (Fsp3) is 0.0769. The van der Waals surface area contributed by atoms with Crippen LogP contribution in [0.5, 0.6) is 5.75 Å². The van der Waals surface area contributed by atoms with Gasteiger partial charge in [-0.25, -0.2) is 0 Å². The van der Waals surface area contributed by atoms with Crippen molar-refractivity contribution in [1.29, 1.82) is 0 Å². The molecule has 2 aromatic rings. The number of nitro groups is 1. The van der Waals surface area contributed by atoms with Crippen LogP contribution in [0.3, 0.4) is 0 Å². The van der Waals surface area contributed by atoms with E-state index < -0.39 is 4.92 Å². The number of ether oxygens (including phenoxy) is 1. The Labute approximate surface area is 119 Å². The van der Waals surface area contributed by atoms with Gasteiger partial charge in [0, 0.05) is 33.3 Å². The van der Waals surface area contributed by atoms with E-state index in [2.05, 4.69) is 0 Å². The first-order valence-electron chi connectivity index (χ1n) is 5.31. The molecule has 0 aliphatic carbocycles. The zero-order valence-electron chi connectivity index (χ0n) is 9.89. The van der Waals surface area contributed by atoms with Crippen molar-refractivity contribution in [3.8, 4) is 16.9 Å². The van der Waals surface area contributed by atoms with E-state index in [-0.39, 0.29) is 5.69 Å². The van der Waals surface area contributed by atoms with Gasteiger partial charge in [-0.1, -0.05) is 23.2 Å². The Balaban J connectivity index is 2.67. The maximum atomic E-state index is 10.8. The minimum Gasteiger partial charge on any atom is -0.496 e. The third-order valence-corrected chi connectivity index (χ3v) is 3.18. The molecular weight excluding hydrogens is 289 g/mol. The zero-order chi connectivity index (χ0) is 14.0. The molecule has 0 unspecified atom stereocenters. The number of nitrogens with zero attached hydrogens (tertiary/aromatic N) is 1. The second kappa shape index (κ2) is 5.47. The van der Waals surface area contributed by atoms with Crippen molar-refractivity contribution in [1.82, 2.24) is 0 Å². The van der Waals surface area contributed by atoms with Gasteiger partial charge in [0.05, 0.1) is 12.0 Å². The maximum absolute atomic E-state index is 10.8. The summed E-state index contributed by atoms with van der Waals surface area (Å²) >= 11 is 12.0. The lowest BCUT2D eigenvalue weighted by Gasteiger charge is -2.10. The highest BCUT2D eigenvalue weighted by atomic mass is 35.5. The molecular formula is C13H9Cl2NO3. The fourth-order valence-electron chi connectivity index (χ4n) is 1.72. The molecule has 0 bridgehead atoms. The molecule has 0 fully saturated rings. The van der Waals surface area contributed by atoms with E-state index in [1.807, 2.05) is 0 Å². The highest BCUT2D eigenvalue weighted by Gasteiger charge is 2.15. The fourth-order valence-corrected chi connectivity index (χ4v) is 2.12. The first kappa shape index (κ1) is 13.6. The third kappa shape index (κ3) is 2.80. The van der Waals surface area contributed by atoms with Gasteiger partial charge in [-0.05, 0) is 24.3 Å².